The minimum Gasteiger partial charge on any atom is -0.477 e. The van der Waals surface area contributed by atoms with Crippen LogP contribution >= 0.6 is 0 Å². The second-order valence-electron chi connectivity index (χ2n) is 4.29. The molecular formula is C11H14N4O5. The summed E-state index contributed by atoms with van der Waals surface area (Å²) < 4.78 is 0. The molecule has 0 radical (unpaired) electrons. The molecule has 0 fully saturated rings. The molecule has 0 unspecified atom stereocenters. The second-order valence-corrected chi connectivity index (χ2v) is 4.29. The predicted octanol–water partition coefficient (Wildman–Crippen LogP) is 0.388. The molecule has 0 saturated heterocycles. The van der Waals surface area contributed by atoms with Crippen LogP contribution in [0.3, 0.4) is 0 Å². The molecular weight excluding hydrogens is 268 g/mol. The Balaban J connectivity index is 3.42. The predicted molar refractivity (Wildman–Crippen MR) is 69.5 cm³/mol. The van der Waals surface area contributed by atoms with E-state index >= 15 is 0 Å². The van der Waals surface area contributed by atoms with Gasteiger partial charge in [-0.2, -0.15) is 0 Å². The summed E-state index contributed by atoms with van der Waals surface area (Å²) in [7, 11) is 0. The van der Waals surface area contributed by atoms with Crippen LogP contribution in [-0.4, -0.2) is 39.5 Å². The van der Waals surface area contributed by atoms with Gasteiger partial charge in [-0.1, -0.05) is 0 Å². The van der Waals surface area contributed by atoms with Crippen molar-refractivity contribution in [1.82, 2.24) is 4.98 Å². The molecule has 0 atom stereocenters. The molecule has 0 bridgehead atoms. The van der Waals surface area contributed by atoms with E-state index < -0.39 is 16.8 Å². The molecule has 3 N–H and O–H groups in total. The van der Waals surface area contributed by atoms with Crippen molar-refractivity contribution in [3.8, 4) is 0 Å². The topological polar surface area (TPSA) is 140 Å². The van der Waals surface area contributed by atoms with Crippen molar-refractivity contribution in [1.29, 1.82) is 0 Å². The van der Waals surface area contributed by atoms with Crippen molar-refractivity contribution in [3.63, 3.8) is 0 Å². The highest BCUT2D eigenvalue weighted by molar-refractivity contribution is 5.87. The van der Waals surface area contributed by atoms with E-state index in [1.807, 2.05) is 0 Å². The number of hydrogen-bond acceptors (Lipinski definition) is 6. The summed E-state index contributed by atoms with van der Waals surface area (Å²) in [5.41, 5.74) is 4.37. The fourth-order valence-corrected chi connectivity index (χ4v) is 1.58. The van der Waals surface area contributed by atoms with Crippen molar-refractivity contribution < 1.29 is 19.6 Å². The minimum absolute atomic E-state index is 0.191. The van der Waals surface area contributed by atoms with Gasteiger partial charge in [-0.3, -0.25) is 14.9 Å². The van der Waals surface area contributed by atoms with Gasteiger partial charge in [0.2, 0.25) is 11.7 Å². The number of nitrogens with two attached hydrogens (primary N) is 1. The zero-order chi connectivity index (χ0) is 15.4. The second kappa shape index (κ2) is 5.95. The maximum Gasteiger partial charge on any atom is 0.354 e. The van der Waals surface area contributed by atoms with E-state index in [1.54, 1.807) is 13.8 Å². The molecule has 0 aliphatic rings. The molecule has 1 aromatic rings. The number of nitrogens with zero attached hydrogens (tertiary/aromatic N) is 3. The quantitative estimate of drug-likeness (QED) is 0.568. The first-order valence-corrected chi connectivity index (χ1v) is 5.67. The Bertz CT molecular complexity index is 558. The van der Waals surface area contributed by atoms with E-state index in [-0.39, 0.29) is 29.8 Å². The standard InChI is InChI=1S/C11H14N4O5/c1-6(2)14(5-9(12)16)10-8(15(19)20)4-3-7(13-10)11(17)18/h3-4,6H,5H2,1-2H3,(H2,12,16)(H,17,18). The van der Waals surface area contributed by atoms with Crippen molar-refractivity contribution in [3.05, 3.63) is 27.9 Å². The van der Waals surface area contributed by atoms with Gasteiger partial charge in [0.15, 0.2) is 5.69 Å². The Morgan fingerprint density at radius 3 is 2.50 bits per heavy atom. The maximum atomic E-state index is 11.1. The van der Waals surface area contributed by atoms with Crippen LogP contribution in [0.2, 0.25) is 0 Å². The Morgan fingerprint density at radius 1 is 1.50 bits per heavy atom. The Morgan fingerprint density at radius 2 is 2.10 bits per heavy atom. The van der Waals surface area contributed by atoms with Crippen LogP contribution in [0.4, 0.5) is 11.5 Å². The highest BCUT2D eigenvalue weighted by Crippen LogP contribution is 2.27. The number of pyridine rings is 1. The van der Waals surface area contributed by atoms with Gasteiger partial charge >= 0.3 is 11.7 Å². The number of nitro groups is 1. The molecule has 1 aromatic heterocycles. The first-order chi connectivity index (χ1) is 9.23. The number of amides is 1. The molecule has 0 aliphatic heterocycles. The monoisotopic (exact) mass is 282 g/mol. The minimum atomic E-state index is -1.32. The lowest BCUT2D eigenvalue weighted by molar-refractivity contribution is -0.384. The summed E-state index contributed by atoms with van der Waals surface area (Å²) in [6.07, 6.45) is 0. The van der Waals surface area contributed by atoms with Gasteiger partial charge in [0.25, 0.3) is 0 Å². The summed E-state index contributed by atoms with van der Waals surface area (Å²) in [5.74, 6) is -2.21. The zero-order valence-corrected chi connectivity index (χ0v) is 10.9. The van der Waals surface area contributed by atoms with Gasteiger partial charge in [-0.25, -0.2) is 9.78 Å². The van der Waals surface area contributed by atoms with Gasteiger partial charge in [-0.05, 0) is 19.9 Å². The highest BCUT2D eigenvalue weighted by Gasteiger charge is 2.26. The van der Waals surface area contributed by atoms with Gasteiger partial charge in [0.05, 0.1) is 11.5 Å². The van der Waals surface area contributed by atoms with E-state index in [2.05, 4.69) is 4.98 Å². The molecule has 20 heavy (non-hydrogen) atoms. The number of carbonyl (C=O) groups is 2. The maximum absolute atomic E-state index is 11.1. The molecule has 1 rings (SSSR count). The number of hydrogen-bond donors (Lipinski definition) is 2. The smallest absolute Gasteiger partial charge is 0.354 e. The Labute approximate surface area is 114 Å². The van der Waals surface area contributed by atoms with Crippen molar-refractivity contribution in [2.45, 2.75) is 19.9 Å². The van der Waals surface area contributed by atoms with Crippen LogP contribution in [0.5, 0.6) is 0 Å². The molecule has 0 saturated carbocycles. The molecule has 0 spiro atoms. The number of carboxylic acid groups (broad SMARTS) is 1. The fourth-order valence-electron chi connectivity index (χ4n) is 1.58. The van der Waals surface area contributed by atoms with Crippen LogP contribution in [0.1, 0.15) is 24.3 Å². The van der Waals surface area contributed by atoms with Crippen molar-refractivity contribution in [2.75, 3.05) is 11.4 Å². The SMILES string of the molecule is CC(C)N(CC(N)=O)c1nc(C(=O)O)ccc1[N+](=O)[O-]. The van der Waals surface area contributed by atoms with Crippen molar-refractivity contribution in [2.24, 2.45) is 5.73 Å². The van der Waals surface area contributed by atoms with Crippen LogP contribution in [0, 0.1) is 10.1 Å². The van der Waals surface area contributed by atoms with Gasteiger partial charge in [0.1, 0.15) is 0 Å². The molecule has 0 aromatic carbocycles. The van der Waals surface area contributed by atoms with Crippen LogP contribution in [0.15, 0.2) is 12.1 Å². The van der Waals surface area contributed by atoms with Crippen LogP contribution in [-0.2, 0) is 4.79 Å². The molecule has 1 amide bonds. The lowest BCUT2D eigenvalue weighted by Crippen LogP contribution is -2.39. The number of carboxylic acids is 1. The van der Waals surface area contributed by atoms with E-state index in [0.717, 1.165) is 12.1 Å². The normalized spacial score (nSPS) is 10.3. The lowest BCUT2D eigenvalue weighted by Gasteiger charge is -2.26. The third-order valence-corrected chi connectivity index (χ3v) is 2.49. The number of primary amides is 1. The molecule has 9 heteroatoms. The number of anilines is 1. The highest BCUT2D eigenvalue weighted by atomic mass is 16.6. The molecule has 0 aliphatic carbocycles. The zero-order valence-electron chi connectivity index (χ0n) is 10.9. The average Bonchev–Trinajstić information content (AvgIpc) is 2.34. The number of carbonyl (C=O) groups excluding carboxylic acids is 1. The summed E-state index contributed by atoms with van der Waals surface area (Å²) in [6.45, 7) is 3.07. The number of aromatic carboxylic acids is 1. The molecule has 108 valence electrons. The molecule has 9 nitrogen and oxygen atoms in total. The van der Waals surface area contributed by atoms with Crippen LogP contribution < -0.4 is 10.6 Å². The summed E-state index contributed by atoms with van der Waals surface area (Å²) in [5, 5.41) is 19.9. The third-order valence-electron chi connectivity index (χ3n) is 2.49. The van der Waals surface area contributed by atoms with E-state index in [9.17, 15) is 19.7 Å². The molecule has 1 heterocycles. The Hall–Kier alpha value is -2.71. The Kier molecular flexibility index (Phi) is 4.57. The number of rotatable bonds is 6. The third kappa shape index (κ3) is 3.40. The first kappa shape index (κ1) is 15.3. The largest absolute Gasteiger partial charge is 0.477 e. The summed E-state index contributed by atoms with van der Waals surface area (Å²) in [4.78, 5) is 37.3. The van der Waals surface area contributed by atoms with E-state index in [1.165, 1.54) is 4.90 Å². The van der Waals surface area contributed by atoms with Crippen molar-refractivity contribution >= 4 is 23.4 Å². The van der Waals surface area contributed by atoms with E-state index in [4.69, 9.17) is 10.8 Å². The van der Waals surface area contributed by atoms with Gasteiger partial charge < -0.3 is 15.7 Å². The van der Waals surface area contributed by atoms with Crippen LogP contribution in [0.25, 0.3) is 0 Å². The van der Waals surface area contributed by atoms with Gasteiger partial charge in [0, 0.05) is 12.1 Å². The summed E-state index contributed by atoms with van der Waals surface area (Å²) >= 11 is 0. The van der Waals surface area contributed by atoms with Gasteiger partial charge in [-0.15, -0.1) is 0 Å². The fraction of sp³-hybridized carbons (Fsp3) is 0.364. The first-order valence-electron chi connectivity index (χ1n) is 5.67. The summed E-state index contributed by atoms with van der Waals surface area (Å²) in [6, 6.07) is 1.76. The average molecular weight is 282 g/mol. The lowest BCUT2D eigenvalue weighted by atomic mass is 10.2. The number of aromatic nitrogens is 1. The van der Waals surface area contributed by atoms with E-state index in [0.29, 0.717) is 0 Å².